The molecule has 2 rings (SSSR count). The summed E-state index contributed by atoms with van der Waals surface area (Å²) in [5, 5.41) is 12.4. The van der Waals surface area contributed by atoms with Crippen molar-refractivity contribution in [3.8, 4) is 0 Å². The van der Waals surface area contributed by atoms with Gasteiger partial charge in [-0.2, -0.15) is 0 Å². The van der Waals surface area contributed by atoms with Crippen LogP contribution in [-0.4, -0.2) is 41.0 Å². The number of nitrogens with zero attached hydrogens (tertiary/aromatic N) is 1. The van der Waals surface area contributed by atoms with Crippen LogP contribution in [0.3, 0.4) is 0 Å². The predicted molar refractivity (Wildman–Crippen MR) is 76.3 cm³/mol. The van der Waals surface area contributed by atoms with Gasteiger partial charge in [0, 0.05) is 13.0 Å². The number of carbonyl (C=O) groups excluding carboxylic acids is 2. The highest BCUT2D eigenvalue weighted by Gasteiger charge is 2.35. The lowest BCUT2D eigenvalue weighted by molar-refractivity contribution is -0.139. The number of nitrogens with one attached hydrogen (secondary N) is 1. The summed E-state index contributed by atoms with van der Waals surface area (Å²) in [5.41, 5.74) is 0. The molecule has 0 spiro atoms. The second-order valence-electron chi connectivity index (χ2n) is 5.71. The van der Waals surface area contributed by atoms with Gasteiger partial charge < -0.3 is 19.7 Å². The van der Waals surface area contributed by atoms with E-state index in [9.17, 15) is 14.7 Å². The minimum absolute atomic E-state index is 0.00270. The summed E-state index contributed by atoms with van der Waals surface area (Å²) in [5.74, 6) is 0.961. The molecule has 1 fully saturated rings. The third kappa shape index (κ3) is 4.07. The molecule has 0 aromatic carbocycles. The minimum atomic E-state index is -0.944. The third-order valence-corrected chi connectivity index (χ3v) is 3.56. The Morgan fingerprint density at radius 1 is 1.48 bits per heavy atom. The molecule has 1 aliphatic rings. The lowest BCUT2D eigenvalue weighted by atomic mass is 10.1. The fourth-order valence-electron chi connectivity index (χ4n) is 2.12. The number of rotatable bonds is 6. The highest BCUT2D eigenvalue weighted by Crippen LogP contribution is 2.29. The average Bonchev–Trinajstić information content (AvgIpc) is 3.19. The van der Waals surface area contributed by atoms with Gasteiger partial charge in [-0.25, -0.2) is 0 Å². The minimum Gasteiger partial charge on any atom is -0.464 e. The molecule has 116 valence electrons. The van der Waals surface area contributed by atoms with Crippen LogP contribution in [0, 0.1) is 12.8 Å². The normalized spacial score (nSPS) is 17.1. The van der Waals surface area contributed by atoms with Crippen LogP contribution in [0.5, 0.6) is 0 Å². The van der Waals surface area contributed by atoms with Gasteiger partial charge in [0.25, 0.3) is 0 Å². The third-order valence-electron chi connectivity index (χ3n) is 3.56. The Balaban J connectivity index is 1.97. The standard InChI is InChI=1S/C15H22N2O4/c1-9-4-7-12(21-9)8-17(3)15(20)13(10(2)18)16-14(19)11-5-6-11/h4,7,10-11,13,18H,5-6,8H2,1-3H3,(H,16,19). The first-order valence-electron chi connectivity index (χ1n) is 7.17. The molecule has 1 heterocycles. The van der Waals surface area contributed by atoms with Crippen molar-refractivity contribution in [3.63, 3.8) is 0 Å². The predicted octanol–water partition coefficient (Wildman–Crippen LogP) is 0.822. The Kier molecular flexibility index (Phi) is 4.67. The van der Waals surface area contributed by atoms with E-state index in [1.165, 1.54) is 11.8 Å². The molecule has 2 unspecified atom stereocenters. The zero-order valence-electron chi connectivity index (χ0n) is 12.6. The fraction of sp³-hybridized carbons (Fsp3) is 0.600. The van der Waals surface area contributed by atoms with Gasteiger partial charge in [0.2, 0.25) is 11.8 Å². The molecule has 2 amide bonds. The molecule has 1 aromatic rings. The molecule has 2 N–H and O–H groups in total. The van der Waals surface area contributed by atoms with E-state index < -0.39 is 12.1 Å². The van der Waals surface area contributed by atoms with Crippen molar-refractivity contribution < 1.29 is 19.1 Å². The smallest absolute Gasteiger partial charge is 0.247 e. The molecule has 1 aliphatic carbocycles. The van der Waals surface area contributed by atoms with Crippen molar-refractivity contribution in [1.82, 2.24) is 10.2 Å². The summed E-state index contributed by atoms with van der Waals surface area (Å²) >= 11 is 0. The lowest BCUT2D eigenvalue weighted by Crippen LogP contribution is -2.53. The van der Waals surface area contributed by atoms with Crippen LogP contribution in [0.25, 0.3) is 0 Å². The van der Waals surface area contributed by atoms with Gasteiger partial charge >= 0.3 is 0 Å². The Morgan fingerprint density at radius 3 is 2.62 bits per heavy atom. The number of amides is 2. The molecule has 21 heavy (non-hydrogen) atoms. The Morgan fingerprint density at radius 2 is 2.14 bits per heavy atom. The fourth-order valence-corrected chi connectivity index (χ4v) is 2.12. The monoisotopic (exact) mass is 294 g/mol. The summed E-state index contributed by atoms with van der Waals surface area (Å²) < 4.78 is 5.43. The average molecular weight is 294 g/mol. The van der Waals surface area contributed by atoms with Crippen LogP contribution in [0.1, 0.15) is 31.3 Å². The first-order chi connectivity index (χ1) is 9.88. The number of carbonyl (C=O) groups is 2. The van der Waals surface area contributed by atoms with Crippen LogP contribution in [0.2, 0.25) is 0 Å². The molecule has 0 radical (unpaired) electrons. The van der Waals surface area contributed by atoms with Crippen molar-refractivity contribution >= 4 is 11.8 Å². The zero-order chi connectivity index (χ0) is 15.6. The van der Waals surface area contributed by atoms with Gasteiger partial charge in [-0.05, 0) is 38.8 Å². The van der Waals surface area contributed by atoms with Gasteiger partial charge in [-0.15, -0.1) is 0 Å². The molecule has 1 aromatic heterocycles. The van der Waals surface area contributed by atoms with E-state index in [-0.39, 0.29) is 17.7 Å². The Bertz CT molecular complexity index is 519. The molecule has 2 atom stereocenters. The van der Waals surface area contributed by atoms with Gasteiger partial charge in [0.1, 0.15) is 17.6 Å². The maximum absolute atomic E-state index is 12.4. The lowest BCUT2D eigenvalue weighted by Gasteiger charge is -2.26. The summed E-state index contributed by atoms with van der Waals surface area (Å²) in [7, 11) is 1.62. The summed E-state index contributed by atoms with van der Waals surface area (Å²) in [6, 6.07) is 2.72. The topological polar surface area (TPSA) is 82.8 Å². The van der Waals surface area contributed by atoms with E-state index in [1.54, 1.807) is 13.1 Å². The van der Waals surface area contributed by atoms with Crippen molar-refractivity contribution in [2.75, 3.05) is 7.05 Å². The van der Waals surface area contributed by atoms with Gasteiger partial charge in [-0.1, -0.05) is 0 Å². The van der Waals surface area contributed by atoms with E-state index in [4.69, 9.17) is 4.42 Å². The molecular weight excluding hydrogens is 272 g/mol. The number of aliphatic hydroxyl groups is 1. The van der Waals surface area contributed by atoms with E-state index in [0.29, 0.717) is 12.3 Å². The highest BCUT2D eigenvalue weighted by atomic mass is 16.3. The van der Waals surface area contributed by atoms with Crippen molar-refractivity contribution in [3.05, 3.63) is 23.7 Å². The SMILES string of the molecule is Cc1ccc(CN(C)C(=O)C(NC(=O)C2CC2)C(C)O)o1. The number of aliphatic hydroxyl groups excluding tert-OH is 1. The zero-order valence-corrected chi connectivity index (χ0v) is 12.6. The highest BCUT2D eigenvalue weighted by molar-refractivity contribution is 5.89. The molecule has 1 saturated carbocycles. The van der Waals surface area contributed by atoms with Gasteiger partial charge in [-0.3, -0.25) is 9.59 Å². The first-order valence-corrected chi connectivity index (χ1v) is 7.17. The van der Waals surface area contributed by atoms with Crippen molar-refractivity contribution in [2.24, 2.45) is 5.92 Å². The molecule has 6 nitrogen and oxygen atoms in total. The second-order valence-corrected chi connectivity index (χ2v) is 5.71. The van der Waals surface area contributed by atoms with E-state index in [2.05, 4.69) is 5.32 Å². The summed E-state index contributed by atoms with van der Waals surface area (Å²) in [4.78, 5) is 25.6. The molecule has 0 bridgehead atoms. The Labute approximate surface area is 124 Å². The molecule has 6 heteroatoms. The number of hydrogen-bond donors (Lipinski definition) is 2. The summed E-state index contributed by atoms with van der Waals surface area (Å²) in [6.07, 6.45) is 0.767. The molecular formula is C15H22N2O4. The number of hydrogen-bond acceptors (Lipinski definition) is 4. The van der Waals surface area contributed by atoms with Crippen LogP contribution >= 0.6 is 0 Å². The van der Waals surface area contributed by atoms with E-state index >= 15 is 0 Å². The maximum Gasteiger partial charge on any atom is 0.247 e. The quantitative estimate of drug-likeness (QED) is 0.814. The van der Waals surface area contributed by atoms with Crippen LogP contribution < -0.4 is 5.32 Å². The van der Waals surface area contributed by atoms with Gasteiger partial charge in [0.05, 0.1) is 12.6 Å². The number of aryl methyl sites for hydroxylation is 1. The Hall–Kier alpha value is -1.82. The van der Waals surface area contributed by atoms with Crippen LogP contribution in [0.4, 0.5) is 0 Å². The van der Waals surface area contributed by atoms with Crippen LogP contribution in [0.15, 0.2) is 16.5 Å². The van der Waals surface area contributed by atoms with Gasteiger partial charge in [0.15, 0.2) is 0 Å². The molecule has 0 saturated heterocycles. The second kappa shape index (κ2) is 6.30. The number of furan rings is 1. The number of likely N-dealkylation sites (N-methyl/N-ethyl adjacent to an activating group) is 1. The van der Waals surface area contributed by atoms with E-state index in [0.717, 1.165) is 18.6 Å². The van der Waals surface area contributed by atoms with Crippen molar-refractivity contribution in [2.45, 2.75) is 45.4 Å². The van der Waals surface area contributed by atoms with Crippen LogP contribution in [-0.2, 0) is 16.1 Å². The maximum atomic E-state index is 12.4. The summed E-state index contributed by atoms with van der Waals surface area (Å²) in [6.45, 7) is 3.63. The first kappa shape index (κ1) is 15.6. The van der Waals surface area contributed by atoms with E-state index in [1.807, 2.05) is 13.0 Å². The largest absolute Gasteiger partial charge is 0.464 e. The molecule has 0 aliphatic heterocycles. The van der Waals surface area contributed by atoms with Crippen molar-refractivity contribution in [1.29, 1.82) is 0 Å².